The van der Waals surface area contributed by atoms with Gasteiger partial charge in [0.05, 0.1) is 6.54 Å². The lowest BCUT2D eigenvalue weighted by Gasteiger charge is -2.37. The molecular formula is C27H32N4O2S. The topological polar surface area (TPSA) is 47.1 Å². The molecule has 2 aliphatic rings. The summed E-state index contributed by atoms with van der Waals surface area (Å²) in [6.45, 7) is 6.84. The molecule has 2 aromatic carbocycles. The van der Waals surface area contributed by atoms with Crippen LogP contribution in [0, 0.1) is 0 Å². The second kappa shape index (κ2) is 10.6. The molecule has 2 amide bonds. The van der Waals surface area contributed by atoms with Crippen molar-refractivity contribution in [2.75, 3.05) is 57.3 Å². The van der Waals surface area contributed by atoms with E-state index in [4.69, 9.17) is 0 Å². The van der Waals surface area contributed by atoms with Crippen molar-refractivity contribution >= 4 is 38.9 Å². The van der Waals surface area contributed by atoms with Gasteiger partial charge in [0.1, 0.15) is 6.54 Å². The second-order valence-electron chi connectivity index (χ2n) is 9.20. The summed E-state index contributed by atoms with van der Waals surface area (Å²) in [4.78, 5) is 33.6. The summed E-state index contributed by atoms with van der Waals surface area (Å²) >= 11 is 1.80. The smallest absolute Gasteiger partial charge is 0.242 e. The van der Waals surface area contributed by atoms with Gasteiger partial charge in [0.2, 0.25) is 11.8 Å². The third-order valence-corrected chi connectivity index (χ3v) is 7.79. The standard InChI is InChI=1S/C27H32N4O2S/c32-26-21-31(19-22-7-2-1-3-8-22)27(33)20-30(26)13-5-4-12-28-14-16-29(17-15-28)24-9-6-10-25-23(24)11-18-34-25/h1-3,6-11,18H,4-5,12-17,19-21H2. The highest BCUT2D eigenvalue weighted by molar-refractivity contribution is 7.17. The molecule has 178 valence electrons. The van der Waals surface area contributed by atoms with Crippen molar-refractivity contribution in [2.24, 2.45) is 0 Å². The van der Waals surface area contributed by atoms with Gasteiger partial charge in [0.25, 0.3) is 0 Å². The first-order valence-corrected chi connectivity index (χ1v) is 13.1. The Hall–Kier alpha value is -2.90. The summed E-state index contributed by atoms with van der Waals surface area (Å²) < 4.78 is 1.36. The third kappa shape index (κ3) is 5.26. The van der Waals surface area contributed by atoms with Crippen LogP contribution in [0.25, 0.3) is 10.1 Å². The lowest BCUT2D eigenvalue weighted by molar-refractivity contribution is -0.150. The quantitative estimate of drug-likeness (QED) is 0.466. The Bertz CT molecular complexity index is 1120. The minimum atomic E-state index is 0.0419. The Morgan fingerprint density at radius 2 is 1.47 bits per heavy atom. The molecule has 7 heteroatoms. The van der Waals surface area contributed by atoms with Gasteiger partial charge in [-0.05, 0) is 48.5 Å². The van der Waals surface area contributed by atoms with Crippen LogP contribution in [0.1, 0.15) is 18.4 Å². The van der Waals surface area contributed by atoms with Gasteiger partial charge in [-0.15, -0.1) is 11.3 Å². The molecule has 0 spiro atoms. The number of rotatable bonds is 8. The molecule has 2 aliphatic heterocycles. The molecule has 0 unspecified atom stereocenters. The van der Waals surface area contributed by atoms with Gasteiger partial charge in [0, 0.05) is 55.0 Å². The van der Waals surface area contributed by atoms with Crippen LogP contribution in [-0.4, -0.2) is 78.9 Å². The number of benzene rings is 2. The normalized spacial score (nSPS) is 17.7. The summed E-state index contributed by atoms with van der Waals surface area (Å²) in [7, 11) is 0. The molecule has 6 nitrogen and oxygen atoms in total. The summed E-state index contributed by atoms with van der Waals surface area (Å²) in [5.74, 6) is 0.104. The Balaban J connectivity index is 1.02. The fourth-order valence-corrected chi connectivity index (χ4v) is 5.77. The molecular weight excluding hydrogens is 444 g/mol. The van der Waals surface area contributed by atoms with Crippen molar-refractivity contribution in [3.05, 3.63) is 65.5 Å². The SMILES string of the molecule is O=C1CN(Cc2ccccc2)C(=O)CN1CCCCN1CCN(c2cccc3sccc23)CC1. The first-order valence-electron chi connectivity index (χ1n) is 12.2. The molecule has 0 bridgehead atoms. The van der Waals surface area contributed by atoms with Gasteiger partial charge in [0.15, 0.2) is 0 Å². The Labute approximate surface area is 205 Å². The zero-order valence-electron chi connectivity index (χ0n) is 19.6. The first kappa shape index (κ1) is 22.9. The molecule has 2 fully saturated rings. The van der Waals surface area contributed by atoms with E-state index in [-0.39, 0.29) is 24.9 Å². The van der Waals surface area contributed by atoms with Crippen molar-refractivity contribution in [2.45, 2.75) is 19.4 Å². The highest BCUT2D eigenvalue weighted by Gasteiger charge is 2.29. The number of anilines is 1. The number of nitrogens with zero attached hydrogens (tertiary/aromatic N) is 4. The van der Waals surface area contributed by atoms with E-state index in [0.29, 0.717) is 13.1 Å². The van der Waals surface area contributed by atoms with Gasteiger partial charge in [-0.1, -0.05) is 36.4 Å². The zero-order valence-corrected chi connectivity index (χ0v) is 20.4. The van der Waals surface area contributed by atoms with Crippen LogP contribution in [0.4, 0.5) is 5.69 Å². The van der Waals surface area contributed by atoms with Gasteiger partial charge < -0.3 is 14.7 Å². The van der Waals surface area contributed by atoms with Crippen molar-refractivity contribution in [1.82, 2.24) is 14.7 Å². The summed E-state index contributed by atoms with van der Waals surface area (Å²) in [6.07, 6.45) is 1.98. The van der Waals surface area contributed by atoms with Crippen LogP contribution in [0.2, 0.25) is 0 Å². The largest absolute Gasteiger partial charge is 0.368 e. The molecule has 0 atom stereocenters. The van der Waals surface area contributed by atoms with E-state index in [9.17, 15) is 9.59 Å². The predicted octanol–water partition coefficient (Wildman–Crippen LogP) is 3.67. The third-order valence-electron chi connectivity index (χ3n) is 6.91. The van der Waals surface area contributed by atoms with Crippen LogP contribution in [-0.2, 0) is 16.1 Å². The number of unbranched alkanes of at least 4 members (excludes halogenated alkanes) is 1. The fraction of sp³-hybridized carbons (Fsp3) is 0.407. The molecule has 34 heavy (non-hydrogen) atoms. The summed E-state index contributed by atoms with van der Waals surface area (Å²) in [5.41, 5.74) is 2.41. The van der Waals surface area contributed by atoms with E-state index in [1.165, 1.54) is 15.8 Å². The lowest BCUT2D eigenvalue weighted by atomic mass is 10.1. The number of piperazine rings is 2. The maximum absolute atomic E-state index is 12.6. The minimum absolute atomic E-state index is 0.0419. The monoisotopic (exact) mass is 476 g/mol. The molecule has 0 aliphatic carbocycles. The van der Waals surface area contributed by atoms with E-state index in [0.717, 1.165) is 51.1 Å². The average molecular weight is 477 g/mol. The molecule has 0 saturated carbocycles. The second-order valence-corrected chi connectivity index (χ2v) is 10.1. The molecule has 1 aromatic heterocycles. The van der Waals surface area contributed by atoms with E-state index in [2.05, 4.69) is 39.4 Å². The Morgan fingerprint density at radius 3 is 2.29 bits per heavy atom. The minimum Gasteiger partial charge on any atom is -0.368 e. The van der Waals surface area contributed by atoms with Crippen LogP contribution >= 0.6 is 11.3 Å². The maximum atomic E-state index is 12.6. The van der Waals surface area contributed by atoms with Crippen LogP contribution in [0.5, 0.6) is 0 Å². The van der Waals surface area contributed by atoms with Crippen LogP contribution in [0.15, 0.2) is 60.0 Å². The van der Waals surface area contributed by atoms with Gasteiger partial charge >= 0.3 is 0 Å². The number of carbonyl (C=O) groups excluding carboxylic acids is 2. The van der Waals surface area contributed by atoms with E-state index in [1.54, 1.807) is 21.1 Å². The molecule has 0 N–H and O–H groups in total. The Kier molecular flexibility index (Phi) is 7.11. The van der Waals surface area contributed by atoms with Gasteiger partial charge in [-0.25, -0.2) is 0 Å². The van der Waals surface area contributed by atoms with E-state index in [1.807, 2.05) is 30.3 Å². The molecule has 2 saturated heterocycles. The number of fused-ring (bicyclic) bond motifs is 1. The van der Waals surface area contributed by atoms with Gasteiger partial charge in [-0.3, -0.25) is 14.5 Å². The molecule has 3 aromatic rings. The van der Waals surface area contributed by atoms with Crippen LogP contribution in [0.3, 0.4) is 0 Å². The Morgan fingerprint density at radius 1 is 0.735 bits per heavy atom. The number of hydrogen-bond acceptors (Lipinski definition) is 5. The van der Waals surface area contributed by atoms with Crippen molar-refractivity contribution < 1.29 is 9.59 Å². The number of hydrogen-bond donors (Lipinski definition) is 0. The molecule has 5 rings (SSSR count). The van der Waals surface area contributed by atoms with Crippen molar-refractivity contribution in [3.63, 3.8) is 0 Å². The summed E-state index contributed by atoms with van der Waals surface area (Å²) in [6, 6.07) is 18.7. The highest BCUT2D eigenvalue weighted by atomic mass is 32.1. The summed E-state index contributed by atoms with van der Waals surface area (Å²) in [5, 5.41) is 3.54. The molecule has 3 heterocycles. The first-order chi connectivity index (χ1) is 16.7. The fourth-order valence-electron chi connectivity index (χ4n) is 4.96. The zero-order chi connectivity index (χ0) is 23.3. The van der Waals surface area contributed by atoms with Crippen molar-refractivity contribution in [3.8, 4) is 0 Å². The van der Waals surface area contributed by atoms with E-state index >= 15 is 0 Å². The highest BCUT2D eigenvalue weighted by Crippen LogP contribution is 2.31. The van der Waals surface area contributed by atoms with E-state index < -0.39 is 0 Å². The number of carbonyl (C=O) groups is 2. The molecule has 0 radical (unpaired) electrons. The lowest BCUT2D eigenvalue weighted by Crippen LogP contribution is -2.53. The van der Waals surface area contributed by atoms with Crippen LogP contribution < -0.4 is 4.90 Å². The predicted molar refractivity (Wildman–Crippen MR) is 138 cm³/mol. The average Bonchev–Trinajstić information content (AvgIpc) is 3.35. The number of amides is 2. The van der Waals surface area contributed by atoms with Crippen molar-refractivity contribution in [1.29, 1.82) is 0 Å². The number of thiophene rings is 1. The maximum Gasteiger partial charge on any atom is 0.242 e. The van der Waals surface area contributed by atoms with Gasteiger partial charge in [-0.2, -0.15) is 0 Å².